The molecule has 0 spiro atoms. The number of ether oxygens (including phenoxy) is 3. The second-order valence-corrected chi connectivity index (χ2v) is 15.6. The van der Waals surface area contributed by atoms with Gasteiger partial charge >= 0.3 is 5.97 Å². The summed E-state index contributed by atoms with van der Waals surface area (Å²) in [6.07, 6.45) is 2.72. The number of aromatic carboxylic acids is 1. The second kappa shape index (κ2) is 16.5. The van der Waals surface area contributed by atoms with Crippen LogP contribution in [-0.4, -0.2) is 76.2 Å². The number of carbonyl (C=O) groups is 2. The Hall–Kier alpha value is -4.94. The number of methoxy groups -OCH3 is 1. The van der Waals surface area contributed by atoms with E-state index < -0.39 is 5.97 Å². The van der Waals surface area contributed by atoms with Crippen molar-refractivity contribution in [3.63, 3.8) is 0 Å². The summed E-state index contributed by atoms with van der Waals surface area (Å²) in [6, 6.07) is 13.2. The van der Waals surface area contributed by atoms with Gasteiger partial charge in [-0.3, -0.25) is 4.79 Å². The van der Waals surface area contributed by atoms with Crippen molar-refractivity contribution in [2.75, 3.05) is 45.0 Å². The highest BCUT2D eigenvalue weighted by atomic mass is 35.5. The van der Waals surface area contributed by atoms with Gasteiger partial charge in [0.2, 0.25) is 0 Å². The molecule has 1 atom stereocenters. The van der Waals surface area contributed by atoms with Gasteiger partial charge in [0.25, 0.3) is 5.91 Å². The van der Waals surface area contributed by atoms with Gasteiger partial charge < -0.3 is 33.4 Å². The Morgan fingerprint density at radius 2 is 1.63 bits per heavy atom. The fourth-order valence-corrected chi connectivity index (χ4v) is 8.66. The fraction of sp³-hybridized carbons (Fsp3) is 0.364. The van der Waals surface area contributed by atoms with E-state index in [1.54, 1.807) is 24.1 Å². The molecule has 3 aromatic heterocycles. The third-order valence-corrected chi connectivity index (χ3v) is 11.7. The van der Waals surface area contributed by atoms with Crippen LogP contribution in [0.25, 0.3) is 32.9 Å². The number of halogens is 2. The number of nitrogens with zero attached hydrogens (tertiary/aromatic N) is 5. The van der Waals surface area contributed by atoms with Crippen molar-refractivity contribution in [2.24, 2.45) is 0 Å². The summed E-state index contributed by atoms with van der Waals surface area (Å²) in [6.45, 7) is 14.0. The number of rotatable bonds is 14. The summed E-state index contributed by atoms with van der Waals surface area (Å²) >= 11 is 13.5. The molecule has 1 unspecified atom stereocenters. The van der Waals surface area contributed by atoms with Gasteiger partial charge in [0.1, 0.15) is 23.5 Å². The minimum Gasteiger partial charge on any atom is -0.494 e. The summed E-state index contributed by atoms with van der Waals surface area (Å²) in [5, 5.41) is 13.2. The molecular formula is C44H47Cl2N5O6. The SMILES string of the molecule is COCCOCCn1c(C(=O)O)cc2cc(C)cc(N3CC(C)n4c(c(CCCOc5cc(C)c(Cl)c(C)c5)c5ccc(Cl)c(-c6c(C)ncnc6C)c54)C3=O)c21. The predicted molar refractivity (Wildman–Crippen MR) is 225 cm³/mol. The van der Waals surface area contributed by atoms with Crippen molar-refractivity contribution in [3.05, 3.63) is 104 Å². The smallest absolute Gasteiger partial charge is 0.352 e. The second-order valence-electron chi connectivity index (χ2n) is 14.8. The number of aryl methyl sites for hydroxylation is 6. The van der Waals surface area contributed by atoms with E-state index in [1.165, 1.54) is 0 Å². The quantitative estimate of drug-likeness (QED) is 0.108. The Bertz CT molecular complexity index is 2500. The summed E-state index contributed by atoms with van der Waals surface area (Å²) in [5.41, 5.74) is 9.76. The van der Waals surface area contributed by atoms with E-state index >= 15 is 4.79 Å². The van der Waals surface area contributed by atoms with Gasteiger partial charge in [-0.15, -0.1) is 0 Å². The Morgan fingerprint density at radius 3 is 2.32 bits per heavy atom. The van der Waals surface area contributed by atoms with Crippen LogP contribution in [-0.2, 0) is 22.4 Å². The highest BCUT2D eigenvalue weighted by molar-refractivity contribution is 6.35. The zero-order valence-corrected chi connectivity index (χ0v) is 34.8. The molecule has 1 amide bonds. The summed E-state index contributed by atoms with van der Waals surface area (Å²) < 4.78 is 21.0. The number of hydrogen-bond donors (Lipinski definition) is 1. The maximum absolute atomic E-state index is 15.4. The fourth-order valence-electron chi connectivity index (χ4n) is 8.31. The highest BCUT2D eigenvalue weighted by Crippen LogP contribution is 2.45. The minimum atomic E-state index is -1.06. The lowest BCUT2D eigenvalue weighted by atomic mass is 9.97. The maximum Gasteiger partial charge on any atom is 0.352 e. The van der Waals surface area contributed by atoms with Gasteiger partial charge in [0.15, 0.2) is 0 Å². The van der Waals surface area contributed by atoms with Gasteiger partial charge in [-0.1, -0.05) is 29.3 Å². The number of carbonyl (C=O) groups excluding carboxylic acids is 1. The van der Waals surface area contributed by atoms with Gasteiger partial charge in [0, 0.05) is 64.6 Å². The standard InChI is InChI=1S/C44H47Cl2N5O6/c1-24-17-30-21-36(44(53)54)49(12-14-56-16-15-55-7)40(30)35(18-24)50-22-27(4)51-41-33(10-11-34(45)38(41)37-28(5)47-23-48-29(37)6)32(42(51)43(50)52)9-8-13-57-31-19-25(2)39(46)26(3)20-31/h10-11,17-21,23,27H,8-9,12-16,22H2,1-7H3,(H,53,54). The molecule has 1 aliphatic heterocycles. The largest absolute Gasteiger partial charge is 0.494 e. The van der Waals surface area contributed by atoms with Crippen LogP contribution in [0, 0.1) is 34.6 Å². The molecule has 1 aliphatic rings. The monoisotopic (exact) mass is 811 g/mol. The molecule has 4 heterocycles. The Kier molecular flexibility index (Phi) is 11.7. The molecule has 1 N–H and O–H groups in total. The number of benzene rings is 3. The van der Waals surface area contributed by atoms with Crippen molar-refractivity contribution in [1.29, 1.82) is 0 Å². The maximum atomic E-state index is 15.4. The average molecular weight is 813 g/mol. The normalized spacial score (nSPS) is 14.2. The summed E-state index contributed by atoms with van der Waals surface area (Å²) in [5.74, 6) is -0.496. The predicted octanol–water partition coefficient (Wildman–Crippen LogP) is 9.50. The molecule has 57 heavy (non-hydrogen) atoms. The van der Waals surface area contributed by atoms with Crippen LogP contribution in [0.1, 0.15) is 74.0 Å². The summed E-state index contributed by atoms with van der Waals surface area (Å²) in [4.78, 5) is 38.8. The van der Waals surface area contributed by atoms with Crippen LogP contribution in [0.5, 0.6) is 5.75 Å². The van der Waals surface area contributed by atoms with Crippen LogP contribution in [0.2, 0.25) is 10.0 Å². The number of carboxylic acid groups (broad SMARTS) is 1. The topological polar surface area (TPSA) is 121 Å². The van der Waals surface area contributed by atoms with Crippen molar-refractivity contribution < 1.29 is 28.9 Å². The first-order valence-electron chi connectivity index (χ1n) is 19.1. The number of amides is 1. The molecule has 11 nitrogen and oxygen atoms in total. The lowest BCUT2D eigenvalue weighted by molar-refractivity contribution is 0.0632. The lowest BCUT2D eigenvalue weighted by Gasteiger charge is -2.35. The number of carboxylic acids is 1. The Morgan fingerprint density at radius 1 is 0.912 bits per heavy atom. The van der Waals surface area contributed by atoms with Gasteiger partial charge in [-0.2, -0.15) is 0 Å². The molecular weight excluding hydrogens is 765 g/mol. The molecule has 298 valence electrons. The number of anilines is 1. The number of fused-ring (bicyclic) bond motifs is 4. The van der Waals surface area contributed by atoms with Crippen LogP contribution in [0.4, 0.5) is 5.69 Å². The minimum absolute atomic E-state index is 0.126. The van der Waals surface area contributed by atoms with Gasteiger partial charge in [-0.05, 0) is 113 Å². The first-order chi connectivity index (χ1) is 27.3. The Labute approximate surface area is 342 Å². The lowest BCUT2D eigenvalue weighted by Crippen LogP contribution is -2.43. The zero-order chi connectivity index (χ0) is 40.7. The molecule has 0 aliphatic carbocycles. The number of hydrogen-bond acceptors (Lipinski definition) is 7. The zero-order valence-electron chi connectivity index (χ0n) is 33.3. The van der Waals surface area contributed by atoms with Gasteiger partial charge in [-0.25, -0.2) is 14.8 Å². The average Bonchev–Trinajstić information content (AvgIpc) is 3.70. The first-order valence-corrected chi connectivity index (χ1v) is 19.9. The molecule has 0 saturated carbocycles. The first kappa shape index (κ1) is 40.3. The molecule has 0 bridgehead atoms. The molecule has 6 aromatic rings. The third-order valence-electron chi connectivity index (χ3n) is 10.8. The molecule has 13 heteroatoms. The Balaban J connectivity index is 1.37. The molecule has 0 fully saturated rings. The van der Waals surface area contributed by atoms with Gasteiger partial charge in [0.05, 0.1) is 48.2 Å². The van der Waals surface area contributed by atoms with Crippen molar-refractivity contribution in [2.45, 2.75) is 67.0 Å². The van der Waals surface area contributed by atoms with E-state index in [1.807, 2.05) is 75.9 Å². The van der Waals surface area contributed by atoms with Crippen LogP contribution in [0.15, 0.2) is 48.8 Å². The van der Waals surface area contributed by atoms with E-state index in [-0.39, 0.29) is 30.8 Å². The van der Waals surface area contributed by atoms with E-state index in [2.05, 4.69) is 21.5 Å². The van der Waals surface area contributed by atoms with E-state index in [0.29, 0.717) is 61.1 Å². The van der Waals surface area contributed by atoms with Crippen molar-refractivity contribution in [1.82, 2.24) is 19.1 Å². The third kappa shape index (κ3) is 7.49. The van der Waals surface area contributed by atoms with E-state index in [0.717, 1.165) is 71.8 Å². The summed E-state index contributed by atoms with van der Waals surface area (Å²) in [7, 11) is 1.60. The highest BCUT2D eigenvalue weighted by Gasteiger charge is 2.38. The molecule has 3 aromatic carbocycles. The molecule has 0 saturated heterocycles. The van der Waals surface area contributed by atoms with Crippen LogP contribution >= 0.6 is 23.2 Å². The van der Waals surface area contributed by atoms with Crippen molar-refractivity contribution >= 4 is 62.6 Å². The molecule has 7 rings (SSSR count). The van der Waals surface area contributed by atoms with Crippen molar-refractivity contribution in [3.8, 4) is 16.9 Å². The number of aromatic nitrogens is 4. The van der Waals surface area contributed by atoms with E-state index in [4.69, 9.17) is 37.4 Å². The van der Waals surface area contributed by atoms with Crippen LogP contribution < -0.4 is 9.64 Å². The van der Waals surface area contributed by atoms with Crippen LogP contribution in [0.3, 0.4) is 0 Å². The van der Waals surface area contributed by atoms with E-state index in [9.17, 15) is 9.90 Å². The molecule has 0 radical (unpaired) electrons.